The Kier molecular flexibility index (Phi) is 25.3. The molecule has 0 saturated heterocycles. The number of nitrogens with zero attached hydrogens (tertiary/aromatic N) is 9. The zero-order valence-electron chi connectivity index (χ0n) is 66.5. The summed E-state index contributed by atoms with van der Waals surface area (Å²) in [6, 6.07) is 53.5. The number of amides is 1. The van der Waals surface area contributed by atoms with E-state index < -0.39 is 27.2 Å². The minimum Gasteiger partial charge on any atom is -1.00 e. The maximum absolute atomic E-state index is 13.9. The number of hydrogen-bond acceptors (Lipinski definition) is 11. The monoisotopic (exact) mass is 1540 g/mol. The van der Waals surface area contributed by atoms with Crippen LogP contribution in [0, 0.1) is 0 Å². The van der Waals surface area contributed by atoms with Crippen molar-refractivity contribution in [2.45, 2.75) is 180 Å². The largest absolute Gasteiger partial charge is 1.00 e. The van der Waals surface area contributed by atoms with Gasteiger partial charge in [-0.2, -0.15) is 13.8 Å². The molecule has 0 radical (unpaired) electrons. The maximum Gasteiger partial charge on any atom is 1.00 e. The molecular weight excluding hydrogens is 1440 g/mol. The molecule has 8 aromatic rings. The number of ether oxygens (including phenoxy) is 1. The van der Waals surface area contributed by atoms with E-state index in [0.717, 1.165) is 102 Å². The third-order valence-electron chi connectivity index (χ3n) is 22.6. The standard InChI is InChI=1S/C52H63N3O5S.C39H41N6S.ClH.K/c1-10-11-16-33-54-42-29-25-36-19-12-14-21-40(36)46(42)51(5,6)44(54)31-27-38-23-24-39(48(38)53(9)49(56)60-50(2,3)4)28-32-45-52(7,8)47-41-22-15-13-20-37(41)26-30-43(47)55(45)34-17-18-35-61(57,58)59;1-38(2)30-19-10-12-21-32(30)43(5)34(38)25-23-27-15-14-16-28(24-26-35-39(3,4)31-20-11-13-22-33(31)44(35)6)36(27)46-37-40-41-42-45(37)29-17-8-7-9-18-29;;/h12-15,19-22,25-32H,10-11,16-18,23-24,33-35H2,1-9H3;7-13,17-26H,14-16H2,1-6H3;1H;/q;+1;;+1/p-1. The van der Waals surface area contributed by atoms with E-state index in [9.17, 15) is 17.8 Å². The van der Waals surface area contributed by atoms with Crippen molar-refractivity contribution in [2.24, 2.45) is 0 Å². The Morgan fingerprint density at radius 2 is 1.26 bits per heavy atom. The van der Waals surface area contributed by atoms with Crippen LogP contribution in [0.3, 0.4) is 0 Å². The number of halogens is 1. The molecule has 14 rings (SSSR count). The first-order chi connectivity index (χ1) is 51.0. The first-order valence-corrected chi connectivity index (χ1v) is 40.5. The molecule has 2 aliphatic carbocycles. The fourth-order valence-electron chi connectivity index (χ4n) is 17.2. The molecule has 7 aromatic carbocycles. The predicted molar refractivity (Wildman–Crippen MR) is 439 cm³/mol. The van der Waals surface area contributed by atoms with Crippen LogP contribution in [-0.2, 0) is 36.5 Å². The SMILES string of the molecule is CCCCC[N+]1=C(/C=C/C2=C(N(C)C(=O)OC(C)(C)C)C(=C/C=C3/N(CCCCS(=O)(=O)[O-])c4ccc5ccccc5c4C3(C)C)/CC2)C(C)(C)c2c1ccc1ccccc21.CN1/C(=C/C=C2\CCCC(/C=C/C3=[N+](C)c4ccccc4C3(C)C)=C2Sc2nnnn2-c2ccccc2)C(C)(C)c2ccccc21.[Cl-].[K+]. The molecule has 0 fully saturated rings. The summed E-state index contributed by atoms with van der Waals surface area (Å²) >= 11 is 1.67. The third kappa shape index (κ3) is 16.7. The second-order valence-corrected chi connectivity index (χ2v) is 34.9. The van der Waals surface area contributed by atoms with E-state index in [0.29, 0.717) is 13.0 Å². The third-order valence-corrected chi connectivity index (χ3v) is 24.5. The Hall–Kier alpha value is -7.55. The normalized spacial score (nSPS) is 19.0. The summed E-state index contributed by atoms with van der Waals surface area (Å²) in [5.41, 5.74) is 20.2. The van der Waals surface area contributed by atoms with Gasteiger partial charge in [-0.15, -0.1) is 5.10 Å². The molecule has 6 aliphatic rings. The van der Waals surface area contributed by atoms with Crippen LogP contribution in [0.15, 0.2) is 250 Å². The molecular formula is C91H104ClKN9O5S2+. The Balaban J connectivity index is 0.000000220. The van der Waals surface area contributed by atoms with Gasteiger partial charge in [-0.25, -0.2) is 13.2 Å². The maximum atomic E-state index is 13.9. The van der Waals surface area contributed by atoms with E-state index in [1.807, 2.05) is 62.8 Å². The van der Waals surface area contributed by atoms with E-state index in [2.05, 4.69) is 281 Å². The fraction of sp³-hybridized carbons (Fsp3) is 0.363. The second-order valence-electron chi connectivity index (χ2n) is 32.4. The van der Waals surface area contributed by atoms with Crippen LogP contribution >= 0.6 is 11.8 Å². The second kappa shape index (κ2) is 33.4. The molecule has 109 heavy (non-hydrogen) atoms. The minimum atomic E-state index is -4.30. The fourth-order valence-corrected chi connectivity index (χ4v) is 18.9. The summed E-state index contributed by atoms with van der Waals surface area (Å²) in [5.74, 6) is -0.380. The number of allylic oxidation sites excluding steroid dienone is 14. The summed E-state index contributed by atoms with van der Waals surface area (Å²) in [7, 11) is 1.87. The molecule has 14 nitrogen and oxygen atoms in total. The predicted octanol–water partition coefficient (Wildman–Crippen LogP) is 14.7. The van der Waals surface area contributed by atoms with E-state index >= 15 is 0 Å². The number of carbonyl (C=O) groups is 1. The first-order valence-electron chi connectivity index (χ1n) is 38.1. The molecule has 0 bridgehead atoms. The van der Waals surface area contributed by atoms with Crippen LogP contribution in [0.5, 0.6) is 0 Å². The number of fused-ring (bicyclic) bond motifs is 8. The molecule has 5 heterocycles. The van der Waals surface area contributed by atoms with Gasteiger partial charge in [0, 0.05) is 107 Å². The van der Waals surface area contributed by atoms with Crippen LogP contribution in [0.4, 0.5) is 27.5 Å². The molecule has 0 unspecified atom stereocenters. The van der Waals surface area contributed by atoms with Crippen molar-refractivity contribution >= 4 is 83.7 Å². The van der Waals surface area contributed by atoms with Crippen molar-refractivity contribution in [2.75, 3.05) is 49.8 Å². The van der Waals surface area contributed by atoms with Gasteiger partial charge >= 0.3 is 57.5 Å². The number of anilines is 2. The van der Waals surface area contributed by atoms with Crippen molar-refractivity contribution < 1.29 is 95.4 Å². The van der Waals surface area contributed by atoms with Crippen molar-refractivity contribution in [3.05, 3.63) is 267 Å². The molecule has 0 N–H and O–H groups in total. The summed E-state index contributed by atoms with van der Waals surface area (Å²) in [5, 5.41) is 18.6. The number of likely N-dealkylation sites (N-methyl/N-ethyl adjacent to an activating group) is 2. The Morgan fingerprint density at radius 1 is 0.633 bits per heavy atom. The summed E-state index contributed by atoms with van der Waals surface area (Å²) in [6.07, 6.45) is 26.7. The van der Waals surface area contributed by atoms with Crippen molar-refractivity contribution in [3.63, 3.8) is 0 Å². The van der Waals surface area contributed by atoms with Crippen molar-refractivity contribution in [3.8, 4) is 5.69 Å². The van der Waals surface area contributed by atoms with Gasteiger partial charge in [0.1, 0.15) is 19.2 Å². The smallest absolute Gasteiger partial charge is 1.00 e. The zero-order valence-corrected chi connectivity index (χ0v) is 72.0. The van der Waals surface area contributed by atoms with Gasteiger partial charge in [0.25, 0.3) is 0 Å². The number of thioether (sulfide) groups is 1. The number of hydrogen-bond donors (Lipinski definition) is 0. The molecule has 4 aliphatic heterocycles. The number of unbranched alkanes of at least 4 members (excludes halogenated alkanes) is 3. The average molecular weight is 1540 g/mol. The van der Waals surface area contributed by atoms with Crippen molar-refractivity contribution in [1.82, 2.24) is 25.1 Å². The number of tetrazole rings is 1. The van der Waals surface area contributed by atoms with Gasteiger partial charge in [0.15, 0.2) is 11.4 Å². The summed E-state index contributed by atoms with van der Waals surface area (Å²) in [4.78, 5) is 21.4. The molecule has 0 saturated carbocycles. The van der Waals surface area contributed by atoms with Crippen LogP contribution in [0.25, 0.3) is 27.2 Å². The van der Waals surface area contributed by atoms with Gasteiger partial charge in [0.2, 0.25) is 16.5 Å². The number of benzene rings is 7. The van der Waals surface area contributed by atoms with E-state index in [1.165, 1.54) is 88.6 Å². The van der Waals surface area contributed by atoms with Crippen LogP contribution in [0.2, 0.25) is 0 Å². The van der Waals surface area contributed by atoms with Crippen molar-refractivity contribution in [1.29, 1.82) is 0 Å². The van der Waals surface area contributed by atoms with Gasteiger partial charge in [-0.3, -0.25) is 4.90 Å². The molecule has 1 aromatic heterocycles. The molecule has 562 valence electrons. The molecule has 1 amide bonds. The molecule has 18 heteroatoms. The number of aromatic nitrogens is 4. The van der Waals surface area contributed by atoms with E-state index in [-0.39, 0.29) is 92.2 Å². The summed E-state index contributed by atoms with van der Waals surface area (Å²) in [6.45, 7) is 27.9. The van der Waals surface area contributed by atoms with E-state index in [1.54, 1.807) is 16.7 Å². The zero-order chi connectivity index (χ0) is 76.0. The van der Waals surface area contributed by atoms with Gasteiger partial charge in [0.05, 0.1) is 32.3 Å². The first kappa shape index (κ1) is 82.4. The Labute approximate surface area is 699 Å². The quantitative estimate of drug-likeness (QED) is 0.0330. The van der Waals surface area contributed by atoms with Crippen LogP contribution < -0.4 is 73.6 Å². The Morgan fingerprint density at radius 3 is 1.94 bits per heavy atom. The number of rotatable bonds is 19. The Bertz CT molecular complexity index is 5280. The minimum absolute atomic E-state index is 0. The average Bonchev–Trinajstić information content (AvgIpc) is 1.56. The van der Waals surface area contributed by atoms with Gasteiger partial charge < -0.3 is 31.5 Å². The number of para-hydroxylation sites is 3. The number of carbonyl (C=O) groups excluding carboxylic acids is 1. The molecule has 0 atom stereocenters. The van der Waals surface area contributed by atoms with Gasteiger partial charge in [-0.05, 0) is 219 Å². The molecule has 0 spiro atoms. The summed E-state index contributed by atoms with van der Waals surface area (Å²) < 4.78 is 47.2. The topological polar surface area (TPSA) is 143 Å². The van der Waals surface area contributed by atoms with Crippen LogP contribution in [-0.4, -0.2) is 110 Å². The van der Waals surface area contributed by atoms with E-state index in [4.69, 9.17) is 4.74 Å². The van der Waals surface area contributed by atoms with Gasteiger partial charge in [-0.1, -0.05) is 175 Å². The van der Waals surface area contributed by atoms with Crippen LogP contribution in [0.1, 0.15) is 170 Å².